The van der Waals surface area contributed by atoms with Gasteiger partial charge in [0.1, 0.15) is 0 Å². The summed E-state index contributed by atoms with van der Waals surface area (Å²) < 4.78 is 0. The van der Waals surface area contributed by atoms with Crippen LogP contribution in [-0.2, 0) is 0 Å². The largest absolute Gasteiger partial charge is 0.371 e. The lowest BCUT2D eigenvalue weighted by Gasteiger charge is -2.41. The number of hydrogen-bond donors (Lipinski definition) is 2. The second-order valence-electron chi connectivity index (χ2n) is 5.53. The van der Waals surface area contributed by atoms with Crippen LogP contribution in [-0.4, -0.2) is 62.2 Å². The number of hydrogen-bond acceptors (Lipinski definition) is 4. The highest BCUT2D eigenvalue weighted by Gasteiger charge is 2.27. The molecule has 2 saturated heterocycles. The van der Waals surface area contributed by atoms with Gasteiger partial charge in [0.2, 0.25) is 0 Å². The zero-order chi connectivity index (χ0) is 14.9. The number of piperazine rings is 2. The van der Waals surface area contributed by atoms with E-state index in [0.717, 1.165) is 65.2 Å². The first-order valence-corrected chi connectivity index (χ1v) is 8.06. The third kappa shape index (κ3) is 4.70. The van der Waals surface area contributed by atoms with Crippen LogP contribution in [0.25, 0.3) is 0 Å². The van der Waals surface area contributed by atoms with Crippen molar-refractivity contribution in [2.45, 2.75) is 12.8 Å². The van der Waals surface area contributed by atoms with Gasteiger partial charge in [-0.3, -0.25) is 4.90 Å². The molecule has 0 aromatic heterocycles. The van der Waals surface area contributed by atoms with E-state index in [1.54, 1.807) is 0 Å². The van der Waals surface area contributed by atoms with Crippen LogP contribution in [0.2, 0.25) is 0 Å². The highest BCUT2D eigenvalue weighted by Crippen LogP contribution is 2.27. The monoisotopic (exact) mass is 289 g/mol. The Bertz CT molecular complexity index is 352. The zero-order valence-corrected chi connectivity index (χ0v) is 13.1. The van der Waals surface area contributed by atoms with Crippen LogP contribution in [0.3, 0.4) is 0 Å². The number of nitrogens with zero attached hydrogens (tertiary/aromatic N) is 2. The maximum Gasteiger partial charge on any atom is 0.0888 e. The molecule has 1 radical (unpaired) electrons. The van der Waals surface area contributed by atoms with Gasteiger partial charge in [-0.05, 0) is 12.8 Å². The lowest BCUT2D eigenvalue weighted by Crippen LogP contribution is -2.50. The Morgan fingerprint density at radius 3 is 1.95 bits per heavy atom. The Balaban J connectivity index is 2.15. The summed E-state index contributed by atoms with van der Waals surface area (Å²) in [6.45, 7) is 16.4. The van der Waals surface area contributed by atoms with E-state index in [9.17, 15) is 0 Å². The fourth-order valence-electron chi connectivity index (χ4n) is 3.00. The van der Waals surface area contributed by atoms with Gasteiger partial charge in [0.25, 0.3) is 0 Å². The predicted octanol–water partition coefficient (Wildman–Crippen LogP) is 1.36. The Hall–Kier alpha value is -1.10. The molecule has 21 heavy (non-hydrogen) atoms. The normalized spacial score (nSPS) is 21.6. The van der Waals surface area contributed by atoms with Gasteiger partial charge in [-0.15, -0.1) is 13.2 Å². The van der Waals surface area contributed by atoms with E-state index in [-0.39, 0.29) is 0 Å². The maximum absolute atomic E-state index is 3.96. The maximum atomic E-state index is 3.96. The minimum atomic E-state index is 0.923. The molecule has 0 aromatic rings. The average Bonchev–Trinajstić information content (AvgIpc) is 2.56. The Kier molecular flexibility index (Phi) is 7.00. The minimum Gasteiger partial charge on any atom is -0.371 e. The van der Waals surface area contributed by atoms with Gasteiger partial charge in [0, 0.05) is 58.1 Å². The molecule has 2 aliphatic rings. The van der Waals surface area contributed by atoms with Gasteiger partial charge in [-0.2, -0.15) is 0 Å². The molecule has 0 unspecified atom stereocenters. The SMILES string of the molecule is C=CCC=C([C](CC=C)N1CCNCC1)N1CCNCC1. The van der Waals surface area contributed by atoms with Crippen molar-refractivity contribution >= 4 is 0 Å². The molecular formula is C17H29N4. The molecule has 0 bridgehead atoms. The first kappa shape index (κ1) is 16.3. The van der Waals surface area contributed by atoms with Crippen molar-refractivity contribution in [1.29, 1.82) is 0 Å². The number of nitrogens with one attached hydrogen (secondary N) is 2. The van der Waals surface area contributed by atoms with Gasteiger partial charge in [-0.25, -0.2) is 0 Å². The quantitative estimate of drug-likeness (QED) is 0.693. The molecule has 0 spiro atoms. The first-order valence-electron chi connectivity index (χ1n) is 8.06. The van der Waals surface area contributed by atoms with Crippen LogP contribution in [0.1, 0.15) is 12.8 Å². The highest BCUT2D eigenvalue weighted by molar-refractivity contribution is 5.26. The topological polar surface area (TPSA) is 30.5 Å². The lowest BCUT2D eigenvalue weighted by atomic mass is 10.0. The van der Waals surface area contributed by atoms with Crippen LogP contribution in [0, 0.1) is 6.04 Å². The molecular weight excluding hydrogens is 260 g/mol. The van der Waals surface area contributed by atoms with E-state index in [1.807, 2.05) is 12.2 Å². The molecule has 0 atom stereocenters. The summed E-state index contributed by atoms with van der Waals surface area (Å²) in [6, 6.07) is 1.43. The molecule has 0 aliphatic carbocycles. The molecule has 0 saturated carbocycles. The fourth-order valence-corrected chi connectivity index (χ4v) is 3.00. The number of rotatable bonds is 7. The number of allylic oxidation sites excluding steroid dienone is 2. The van der Waals surface area contributed by atoms with Crippen molar-refractivity contribution in [3.05, 3.63) is 43.1 Å². The van der Waals surface area contributed by atoms with Gasteiger partial charge in [0.15, 0.2) is 0 Å². The molecule has 0 amide bonds. The van der Waals surface area contributed by atoms with Gasteiger partial charge < -0.3 is 15.5 Å². The summed E-state index contributed by atoms with van der Waals surface area (Å²) in [6.07, 6.45) is 8.20. The van der Waals surface area contributed by atoms with E-state index >= 15 is 0 Å². The second-order valence-corrected chi connectivity index (χ2v) is 5.53. The summed E-state index contributed by atoms with van der Waals surface area (Å²) in [4.78, 5) is 5.04. The molecule has 2 fully saturated rings. The molecule has 2 N–H and O–H groups in total. The van der Waals surface area contributed by atoms with Gasteiger partial charge in [-0.1, -0.05) is 18.2 Å². The van der Waals surface area contributed by atoms with Crippen LogP contribution < -0.4 is 10.6 Å². The van der Waals surface area contributed by atoms with Gasteiger partial charge in [0.05, 0.1) is 6.04 Å². The van der Waals surface area contributed by atoms with Crippen molar-refractivity contribution in [3.63, 3.8) is 0 Å². The minimum absolute atomic E-state index is 0.923. The van der Waals surface area contributed by atoms with E-state index in [1.165, 1.54) is 11.7 Å². The standard InChI is InChI=1S/C17H29N4/c1-3-5-7-17(21-14-10-19-11-15-21)16(6-4-2)20-12-8-18-9-13-20/h3-4,7,18-19H,1-2,5-6,8-15H2. The third-order valence-corrected chi connectivity index (χ3v) is 4.07. The predicted molar refractivity (Wildman–Crippen MR) is 89.8 cm³/mol. The summed E-state index contributed by atoms with van der Waals surface area (Å²) in [5.41, 5.74) is 1.39. The third-order valence-electron chi connectivity index (χ3n) is 4.07. The fraction of sp³-hybridized carbons (Fsp3) is 0.588. The smallest absolute Gasteiger partial charge is 0.0888 e. The van der Waals surface area contributed by atoms with Crippen molar-refractivity contribution in [1.82, 2.24) is 20.4 Å². The second kappa shape index (κ2) is 9.03. The molecule has 4 heteroatoms. The molecule has 2 rings (SSSR count). The summed E-state index contributed by atoms with van der Waals surface area (Å²) >= 11 is 0. The van der Waals surface area contributed by atoms with Crippen molar-refractivity contribution in [2.24, 2.45) is 0 Å². The van der Waals surface area contributed by atoms with Crippen LogP contribution in [0.4, 0.5) is 0 Å². The highest BCUT2D eigenvalue weighted by atomic mass is 15.3. The Morgan fingerprint density at radius 1 is 0.857 bits per heavy atom. The van der Waals surface area contributed by atoms with Crippen molar-refractivity contribution < 1.29 is 0 Å². The molecule has 2 aliphatic heterocycles. The molecule has 0 aromatic carbocycles. The van der Waals surface area contributed by atoms with E-state index < -0.39 is 0 Å². The van der Waals surface area contributed by atoms with E-state index in [2.05, 4.69) is 39.7 Å². The van der Waals surface area contributed by atoms with Crippen LogP contribution >= 0.6 is 0 Å². The molecule has 4 nitrogen and oxygen atoms in total. The summed E-state index contributed by atoms with van der Waals surface area (Å²) in [5.74, 6) is 0. The first-order chi connectivity index (χ1) is 10.4. The van der Waals surface area contributed by atoms with Crippen LogP contribution in [0.15, 0.2) is 37.1 Å². The van der Waals surface area contributed by atoms with E-state index in [0.29, 0.717) is 0 Å². The molecule has 2 heterocycles. The Labute approximate surface area is 129 Å². The average molecular weight is 289 g/mol. The summed E-state index contributed by atoms with van der Waals surface area (Å²) in [5, 5.41) is 6.87. The van der Waals surface area contributed by atoms with Crippen molar-refractivity contribution in [2.75, 3.05) is 52.4 Å². The molecule has 117 valence electrons. The van der Waals surface area contributed by atoms with Crippen molar-refractivity contribution in [3.8, 4) is 0 Å². The van der Waals surface area contributed by atoms with Crippen LogP contribution in [0.5, 0.6) is 0 Å². The lowest BCUT2D eigenvalue weighted by molar-refractivity contribution is 0.215. The summed E-state index contributed by atoms with van der Waals surface area (Å²) in [7, 11) is 0. The van der Waals surface area contributed by atoms with E-state index in [4.69, 9.17) is 0 Å². The van der Waals surface area contributed by atoms with Gasteiger partial charge >= 0.3 is 0 Å². The zero-order valence-electron chi connectivity index (χ0n) is 13.1. The Morgan fingerprint density at radius 2 is 1.43 bits per heavy atom.